The van der Waals surface area contributed by atoms with E-state index < -0.39 is 0 Å². The Hall–Kier alpha value is -3.74. The van der Waals surface area contributed by atoms with E-state index in [-0.39, 0.29) is 18.1 Å². The zero-order valence-corrected chi connectivity index (χ0v) is 18.5. The third-order valence-electron chi connectivity index (χ3n) is 6.43. The largest absolute Gasteiger partial charge is 0.467 e. The van der Waals surface area contributed by atoms with Crippen molar-refractivity contribution in [3.05, 3.63) is 78.3 Å². The maximum atomic E-state index is 13.0. The van der Waals surface area contributed by atoms with E-state index in [4.69, 9.17) is 4.42 Å². The second-order valence-electron chi connectivity index (χ2n) is 8.56. The first-order valence-corrected chi connectivity index (χ1v) is 11.5. The van der Waals surface area contributed by atoms with Gasteiger partial charge >= 0.3 is 12.1 Å². The molecule has 3 heterocycles. The molecule has 2 N–H and O–H groups in total. The van der Waals surface area contributed by atoms with Crippen LogP contribution in [0.4, 0.5) is 15.3 Å². The number of urea groups is 2. The quantitative estimate of drug-likeness (QED) is 0.626. The third-order valence-corrected chi connectivity index (χ3v) is 6.43. The first-order valence-electron chi connectivity index (χ1n) is 11.5. The zero-order valence-electron chi connectivity index (χ0n) is 18.5. The molecule has 2 aliphatic rings. The summed E-state index contributed by atoms with van der Waals surface area (Å²) in [6, 6.07) is 20.2. The predicted octanol–water partition coefficient (Wildman–Crippen LogP) is 4.39. The minimum atomic E-state index is -0.0983. The average molecular weight is 445 g/mol. The van der Waals surface area contributed by atoms with Crippen molar-refractivity contribution in [2.45, 2.75) is 31.8 Å². The van der Waals surface area contributed by atoms with Gasteiger partial charge in [-0.15, -0.1) is 0 Å². The molecule has 7 nitrogen and oxygen atoms in total. The summed E-state index contributed by atoms with van der Waals surface area (Å²) in [5.74, 6) is 0.729. The van der Waals surface area contributed by atoms with Gasteiger partial charge in [-0.3, -0.25) is 4.90 Å². The number of carbonyl (C=O) groups excluding carboxylic acids is 2. The molecule has 5 rings (SSSR count). The third kappa shape index (κ3) is 4.72. The molecule has 1 saturated heterocycles. The lowest BCUT2D eigenvalue weighted by molar-refractivity contribution is 0.175. The Balaban J connectivity index is 1.13. The van der Waals surface area contributed by atoms with Crippen molar-refractivity contribution in [1.29, 1.82) is 0 Å². The Bertz CT molecular complexity index is 1110. The average Bonchev–Trinajstić information content (AvgIpc) is 3.53. The monoisotopic (exact) mass is 444 g/mol. The molecule has 0 bridgehead atoms. The number of piperidine rings is 1. The first kappa shape index (κ1) is 21.1. The summed E-state index contributed by atoms with van der Waals surface area (Å²) in [6.45, 7) is 2.30. The van der Waals surface area contributed by atoms with Crippen molar-refractivity contribution in [1.82, 2.24) is 15.5 Å². The molecule has 0 radical (unpaired) electrons. The number of anilines is 1. The van der Waals surface area contributed by atoms with Crippen molar-refractivity contribution in [3.63, 3.8) is 0 Å². The highest BCUT2D eigenvalue weighted by Crippen LogP contribution is 2.32. The lowest BCUT2D eigenvalue weighted by Crippen LogP contribution is -2.51. The van der Waals surface area contributed by atoms with Crippen LogP contribution >= 0.6 is 0 Å². The number of rotatable bonds is 4. The zero-order chi connectivity index (χ0) is 22.6. The van der Waals surface area contributed by atoms with Crippen molar-refractivity contribution in [3.8, 4) is 11.1 Å². The normalized spacial score (nSPS) is 15.9. The highest BCUT2D eigenvalue weighted by molar-refractivity contribution is 5.95. The molecule has 0 spiro atoms. The number of hydrogen-bond donors (Lipinski definition) is 2. The van der Waals surface area contributed by atoms with Crippen LogP contribution in [0.2, 0.25) is 0 Å². The Kier molecular flexibility index (Phi) is 6.02. The molecule has 7 heteroatoms. The fourth-order valence-corrected chi connectivity index (χ4v) is 4.59. The second-order valence-corrected chi connectivity index (χ2v) is 8.56. The smallest absolute Gasteiger partial charge is 0.322 e. The van der Waals surface area contributed by atoms with E-state index in [0.717, 1.165) is 30.7 Å². The van der Waals surface area contributed by atoms with Gasteiger partial charge in [-0.1, -0.05) is 36.4 Å². The van der Waals surface area contributed by atoms with Gasteiger partial charge in [-0.2, -0.15) is 0 Å². The van der Waals surface area contributed by atoms with Gasteiger partial charge in [0, 0.05) is 31.4 Å². The minimum Gasteiger partial charge on any atom is -0.467 e. The molecule has 1 aromatic heterocycles. The maximum absolute atomic E-state index is 13.0. The Morgan fingerprint density at radius 1 is 0.909 bits per heavy atom. The van der Waals surface area contributed by atoms with Crippen LogP contribution < -0.4 is 15.5 Å². The Morgan fingerprint density at radius 2 is 1.73 bits per heavy atom. The summed E-state index contributed by atoms with van der Waals surface area (Å²) in [4.78, 5) is 29.0. The van der Waals surface area contributed by atoms with E-state index >= 15 is 0 Å². The SMILES string of the molecule is O=C(NCc1ccco1)N1CCC(NC(=O)N2CCc3cc(-c4ccccc4)ccc32)CC1. The summed E-state index contributed by atoms with van der Waals surface area (Å²) in [5, 5.41) is 6.06. The first-order chi connectivity index (χ1) is 16.2. The highest BCUT2D eigenvalue weighted by atomic mass is 16.3. The minimum absolute atomic E-state index is 0.0538. The lowest BCUT2D eigenvalue weighted by atomic mass is 10.0. The summed E-state index contributed by atoms with van der Waals surface area (Å²) in [6.07, 6.45) is 3.94. The van der Waals surface area contributed by atoms with Crippen LogP contribution in [-0.4, -0.2) is 42.6 Å². The van der Waals surface area contributed by atoms with Gasteiger partial charge in [-0.05, 0) is 60.2 Å². The molecule has 2 aliphatic heterocycles. The van der Waals surface area contributed by atoms with Crippen molar-refractivity contribution >= 4 is 17.7 Å². The van der Waals surface area contributed by atoms with Crippen LogP contribution in [0.5, 0.6) is 0 Å². The van der Waals surface area contributed by atoms with Crippen molar-refractivity contribution in [2.24, 2.45) is 0 Å². The Morgan fingerprint density at radius 3 is 2.48 bits per heavy atom. The van der Waals surface area contributed by atoms with Crippen LogP contribution in [0.3, 0.4) is 0 Å². The second kappa shape index (κ2) is 9.40. The van der Waals surface area contributed by atoms with Gasteiger partial charge in [0.25, 0.3) is 0 Å². The van der Waals surface area contributed by atoms with Gasteiger partial charge in [0.15, 0.2) is 0 Å². The number of furan rings is 1. The number of carbonyl (C=O) groups is 2. The molecule has 170 valence electrons. The van der Waals surface area contributed by atoms with Crippen molar-refractivity contribution in [2.75, 3.05) is 24.5 Å². The number of benzene rings is 2. The van der Waals surface area contributed by atoms with E-state index in [0.29, 0.717) is 26.2 Å². The van der Waals surface area contributed by atoms with Crippen LogP contribution in [0.25, 0.3) is 11.1 Å². The number of fused-ring (bicyclic) bond motifs is 1. The van der Waals surface area contributed by atoms with E-state index in [9.17, 15) is 9.59 Å². The van der Waals surface area contributed by atoms with Gasteiger partial charge in [-0.25, -0.2) is 9.59 Å². The highest BCUT2D eigenvalue weighted by Gasteiger charge is 2.29. The number of nitrogens with zero attached hydrogens (tertiary/aromatic N) is 2. The van der Waals surface area contributed by atoms with E-state index in [1.807, 2.05) is 29.2 Å². The standard InChI is InChI=1S/C26H28N4O3/c31-25(27-18-23-7-4-16-33-23)29-13-11-22(12-14-29)28-26(32)30-15-10-21-17-20(8-9-24(21)30)19-5-2-1-3-6-19/h1-9,16-17,22H,10-15,18H2,(H,27,31)(H,28,32). The molecular weight excluding hydrogens is 416 g/mol. The molecule has 0 unspecified atom stereocenters. The van der Waals surface area contributed by atoms with Gasteiger partial charge in [0.05, 0.1) is 12.8 Å². The summed E-state index contributed by atoms with van der Waals surface area (Å²) in [7, 11) is 0. The molecule has 0 saturated carbocycles. The summed E-state index contributed by atoms with van der Waals surface area (Å²) < 4.78 is 5.25. The molecule has 4 amide bonds. The molecule has 1 fully saturated rings. The molecule has 2 aromatic carbocycles. The molecule has 33 heavy (non-hydrogen) atoms. The predicted molar refractivity (Wildman–Crippen MR) is 127 cm³/mol. The molecule has 0 atom stereocenters. The fraction of sp³-hybridized carbons (Fsp3) is 0.308. The van der Waals surface area contributed by atoms with Gasteiger partial charge in [0.1, 0.15) is 5.76 Å². The van der Waals surface area contributed by atoms with Gasteiger partial charge < -0.3 is 20.0 Å². The Labute approximate surface area is 193 Å². The maximum Gasteiger partial charge on any atom is 0.322 e. The lowest BCUT2D eigenvalue weighted by Gasteiger charge is -2.33. The summed E-state index contributed by atoms with van der Waals surface area (Å²) in [5.41, 5.74) is 4.55. The fourth-order valence-electron chi connectivity index (χ4n) is 4.59. The van der Waals surface area contributed by atoms with E-state index in [1.165, 1.54) is 16.7 Å². The van der Waals surface area contributed by atoms with Crippen LogP contribution in [0, 0.1) is 0 Å². The topological polar surface area (TPSA) is 77.8 Å². The molecule has 0 aliphatic carbocycles. The summed E-state index contributed by atoms with van der Waals surface area (Å²) >= 11 is 0. The number of hydrogen-bond acceptors (Lipinski definition) is 3. The van der Waals surface area contributed by atoms with Gasteiger partial charge in [0.2, 0.25) is 0 Å². The van der Waals surface area contributed by atoms with Crippen molar-refractivity contribution < 1.29 is 14.0 Å². The van der Waals surface area contributed by atoms with Crippen LogP contribution in [-0.2, 0) is 13.0 Å². The van der Waals surface area contributed by atoms with Crippen LogP contribution in [0.1, 0.15) is 24.2 Å². The number of nitrogens with one attached hydrogen (secondary N) is 2. The number of likely N-dealkylation sites (tertiary alicyclic amines) is 1. The van der Waals surface area contributed by atoms with E-state index in [1.54, 1.807) is 17.2 Å². The molecular formula is C26H28N4O3. The number of amides is 4. The van der Waals surface area contributed by atoms with Crippen LogP contribution in [0.15, 0.2) is 71.3 Å². The van der Waals surface area contributed by atoms with E-state index in [2.05, 4.69) is 41.0 Å². The molecule has 3 aromatic rings.